The van der Waals surface area contributed by atoms with Gasteiger partial charge in [-0.1, -0.05) is 17.7 Å². The number of hydrogen-bond acceptors (Lipinski definition) is 3. The van der Waals surface area contributed by atoms with Crippen LogP contribution in [-0.4, -0.2) is 40.9 Å². The standard InChI is InChI=1S/C14H19NO2S/c1-11-2-4-13(5-3-11)18-10-14(17)15-8-6-12(16)7-9-15/h2-5,12,16H,6-10H2,1H3. The Labute approximate surface area is 112 Å². The predicted octanol–water partition coefficient (Wildman–Crippen LogP) is 2.07. The number of thioether (sulfide) groups is 1. The molecule has 1 aromatic rings. The van der Waals surface area contributed by atoms with Crippen molar-refractivity contribution < 1.29 is 9.90 Å². The zero-order valence-electron chi connectivity index (χ0n) is 10.6. The van der Waals surface area contributed by atoms with Crippen molar-refractivity contribution in [1.29, 1.82) is 0 Å². The number of hydrogen-bond donors (Lipinski definition) is 1. The first-order chi connectivity index (χ1) is 8.65. The number of likely N-dealkylation sites (tertiary alicyclic amines) is 1. The fourth-order valence-corrected chi connectivity index (χ4v) is 2.79. The van der Waals surface area contributed by atoms with Crippen LogP contribution in [0.15, 0.2) is 29.2 Å². The summed E-state index contributed by atoms with van der Waals surface area (Å²) < 4.78 is 0. The van der Waals surface area contributed by atoms with E-state index in [1.54, 1.807) is 11.8 Å². The molecule has 1 heterocycles. The second-order valence-corrected chi connectivity index (χ2v) is 5.76. The average Bonchev–Trinajstić information content (AvgIpc) is 2.38. The van der Waals surface area contributed by atoms with Gasteiger partial charge in [0.1, 0.15) is 0 Å². The summed E-state index contributed by atoms with van der Waals surface area (Å²) in [6, 6.07) is 8.22. The van der Waals surface area contributed by atoms with Crippen LogP contribution in [0.25, 0.3) is 0 Å². The number of carbonyl (C=O) groups is 1. The van der Waals surface area contributed by atoms with E-state index >= 15 is 0 Å². The van der Waals surface area contributed by atoms with Gasteiger partial charge in [0, 0.05) is 18.0 Å². The van der Waals surface area contributed by atoms with Gasteiger partial charge in [-0.05, 0) is 31.9 Å². The summed E-state index contributed by atoms with van der Waals surface area (Å²) in [5.74, 6) is 0.659. The lowest BCUT2D eigenvalue weighted by Gasteiger charge is -2.29. The van der Waals surface area contributed by atoms with Gasteiger partial charge in [-0.25, -0.2) is 0 Å². The maximum atomic E-state index is 12.0. The van der Waals surface area contributed by atoms with Crippen LogP contribution in [0.5, 0.6) is 0 Å². The van der Waals surface area contributed by atoms with E-state index in [4.69, 9.17) is 0 Å². The van der Waals surface area contributed by atoms with Gasteiger partial charge in [-0.15, -0.1) is 11.8 Å². The minimum atomic E-state index is -0.223. The summed E-state index contributed by atoms with van der Waals surface area (Å²) in [4.78, 5) is 15.0. The largest absolute Gasteiger partial charge is 0.393 e. The normalized spacial score (nSPS) is 16.9. The summed E-state index contributed by atoms with van der Waals surface area (Å²) in [5.41, 5.74) is 1.23. The van der Waals surface area contributed by atoms with Crippen molar-refractivity contribution in [3.8, 4) is 0 Å². The Morgan fingerprint density at radius 1 is 1.33 bits per heavy atom. The molecule has 1 amide bonds. The molecule has 0 atom stereocenters. The molecule has 1 saturated heterocycles. The third kappa shape index (κ3) is 3.75. The molecule has 0 spiro atoms. The molecular formula is C14H19NO2S. The topological polar surface area (TPSA) is 40.5 Å². The molecular weight excluding hydrogens is 246 g/mol. The maximum absolute atomic E-state index is 12.0. The Morgan fingerprint density at radius 2 is 1.94 bits per heavy atom. The van der Waals surface area contributed by atoms with E-state index in [0.717, 1.165) is 4.90 Å². The quantitative estimate of drug-likeness (QED) is 0.851. The number of nitrogens with zero attached hydrogens (tertiary/aromatic N) is 1. The highest BCUT2D eigenvalue weighted by molar-refractivity contribution is 8.00. The first-order valence-corrected chi connectivity index (χ1v) is 7.29. The zero-order valence-corrected chi connectivity index (χ0v) is 11.4. The molecule has 1 N–H and O–H groups in total. The van der Waals surface area contributed by atoms with E-state index in [1.165, 1.54) is 5.56 Å². The third-order valence-electron chi connectivity index (χ3n) is 3.20. The van der Waals surface area contributed by atoms with Gasteiger partial charge in [0.05, 0.1) is 11.9 Å². The van der Waals surface area contributed by atoms with Crippen LogP contribution in [0.2, 0.25) is 0 Å². The molecule has 18 heavy (non-hydrogen) atoms. The smallest absolute Gasteiger partial charge is 0.232 e. The van der Waals surface area contributed by atoms with Gasteiger partial charge in [0.2, 0.25) is 5.91 Å². The second kappa shape index (κ2) is 6.25. The number of rotatable bonds is 3. The lowest BCUT2D eigenvalue weighted by Crippen LogP contribution is -2.40. The van der Waals surface area contributed by atoms with E-state index in [9.17, 15) is 9.90 Å². The molecule has 2 rings (SSSR count). The average molecular weight is 265 g/mol. The van der Waals surface area contributed by atoms with Gasteiger partial charge in [-0.2, -0.15) is 0 Å². The summed E-state index contributed by atoms with van der Waals surface area (Å²) in [7, 11) is 0. The van der Waals surface area contributed by atoms with Gasteiger partial charge in [-0.3, -0.25) is 4.79 Å². The molecule has 0 aromatic heterocycles. The van der Waals surface area contributed by atoms with Crippen LogP contribution >= 0.6 is 11.8 Å². The number of amides is 1. The number of benzene rings is 1. The van der Waals surface area contributed by atoms with Crippen LogP contribution in [-0.2, 0) is 4.79 Å². The lowest BCUT2D eigenvalue weighted by molar-refractivity contribution is -0.130. The fraction of sp³-hybridized carbons (Fsp3) is 0.500. The second-order valence-electron chi connectivity index (χ2n) is 4.71. The van der Waals surface area contributed by atoms with Gasteiger partial charge < -0.3 is 10.0 Å². The Bertz CT molecular complexity index is 397. The van der Waals surface area contributed by atoms with Crippen molar-refractivity contribution in [2.24, 2.45) is 0 Å². The van der Waals surface area contributed by atoms with Crippen LogP contribution < -0.4 is 0 Å². The summed E-state index contributed by atoms with van der Waals surface area (Å²) in [5, 5.41) is 9.40. The van der Waals surface area contributed by atoms with Gasteiger partial charge in [0.25, 0.3) is 0 Å². The lowest BCUT2D eigenvalue weighted by atomic mass is 10.1. The summed E-state index contributed by atoms with van der Waals surface area (Å²) >= 11 is 1.58. The Balaban J connectivity index is 1.79. The first kappa shape index (κ1) is 13.4. The Morgan fingerprint density at radius 3 is 2.56 bits per heavy atom. The van der Waals surface area contributed by atoms with Crippen molar-refractivity contribution in [3.63, 3.8) is 0 Å². The van der Waals surface area contributed by atoms with E-state index in [0.29, 0.717) is 31.7 Å². The Hall–Kier alpha value is -1.00. The number of aliphatic hydroxyl groups is 1. The zero-order chi connectivity index (χ0) is 13.0. The van der Waals surface area contributed by atoms with E-state index < -0.39 is 0 Å². The molecule has 0 saturated carbocycles. The van der Waals surface area contributed by atoms with Crippen molar-refractivity contribution in [2.75, 3.05) is 18.8 Å². The highest BCUT2D eigenvalue weighted by atomic mass is 32.2. The summed E-state index contributed by atoms with van der Waals surface area (Å²) in [6.45, 7) is 3.43. The fourth-order valence-electron chi connectivity index (χ4n) is 1.99. The monoisotopic (exact) mass is 265 g/mol. The molecule has 98 valence electrons. The van der Waals surface area contributed by atoms with E-state index in [1.807, 2.05) is 17.0 Å². The van der Waals surface area contributed by atoms with Crippen molar-refractivity contribution >= 4 is 17.7 Å². The SMILES string of the molecule is Cc1ccc(SCC(=O)N2CCC(O)CC2)cc1. The molecule has 0 radical (unpaired) electrons. The number of piperidine rings is 1. The highest BCUT2D eigenvalue weighted by Gasteiger charge is 2.20. The van der Waals surface area contributed by atoms with Crippen LogP contribution in [0.3, 0.4) is 0 Å². The first-order valence-electron chi connectivity index (χ1n) is 6.30. The minimum absolute atomic E-state index is 0.174. The van der Waals surface area contributed by atoms with Crippen molar-refractivity contribution in [1.82, 2.24) is 4.90 Å². The van der Waals surface area contributed by atoms with Crippen molar-refractivity contribution in [3.05, 3.63) is 29.8 Å². The molecule has 3 nitrogen and oxygen atoms in total. The van der Waals surface area contributed by atoms with Gasteiger partial charge in [0.15, 0.2) is 0 Å². The summed E-state index contributed by atoms with van der Waals surface area (Å²) in [6.07, 6.45) is 1.20. The molecule has 0 bridgehead atoms. The van der Waals surface area contributed by atoms with Crippen LogP contribution in [0.1, 0.15) is 18.4 Å². The molecule has 1 fully saturated rings. The number of aliphatic hydroxyl groups excluding tert-OH is 1. The molecule has 1 aromatic carbocycles. The maximum Gasteiger partial charge on any atom is 0.232 e. The van der Waals surface area contributed by atoms with Crippen LogP contribution in [0, 0.1) is 6.92 Å². The molecule has 0 unspecified atom stereocenters. The predicted molar refractivity (Wildman–Crippen MR) is 73.7 cm³/mol. The van der Waals surface area contributed by atoms with Gasteiger partial charge >= 0.3 is 0 Å². The van der Waals surface area contributed by atoms with Crippen LogP contribution in [0.4, 0.5) is 0 Å². The number of aryl methyl sites for hydroxylation is 1. The third-order valence-corrected chi connectivity index (χ3v) is 4.20. The highest BCUT2D eigenvalue weighted by Crippen LogP contribution is 2.19. The van der Waals surface area contributed by atoms with Crippen molar-refractivity contribution in [2.45, 2.75) is 30.8 Å². The molecule has 1 aliphatic rings. The molecule has 1 aliphatic heterocycles. The van der Waals surface area contributed by atoms with E-state index in [-0.39, 0.29) is 12.0 Å². The Kier molecular flexibility index (Phi) is 4.66. The molecule has 4 heteroatoms. The number of carbonyl (C=O) groups excluding carboxylic acids is 1. The molecule has 0 aliphatic carbocycles. The minimum Gasteiger partial charge on any atom is -0.393 e. The van der Waals surface area contributed by atoms with E-state index in [2.05, 4.69) is 19.1 Å².